The van der Waals surface area contributed by atoms with Crippen molar-refractivity contribution in [2.24, 2.45) is 4.99 Å². The van der Waals surface area contributed by atoms with E-state index in [0.717, 1.165) is 28.6 Å². The van der Waals surface area contributed by atoms with Crippen molar-refractivity contribution >= 4 is 27.9 Å². The molecule has 0 bridgehead atoms. The first-order valence-corrected chi connectivity index (χ1v) is 8.19. The van der Waals surface area contributed by atoms with E-state index in [4.69, 9.17) is 0 Å². The molecule has 2 aromatic rings. The molecule has 0 aromatic heterocycles. The molecule has 0 heterocycles. The van der Waals surface area contributed by atoms with Gasteiger partial charge in [-0.05, 0) is 16.7 Å². The molecule has 0 N–H and O–H groups in total. The second kappa shape index (κ2) is 6.35. The van der Waals surface area contributed by atoms with Gasteiger partial charge in [0.15, 0.2) is 5.78 Å². The molecule has 1 unspecified atom stereocenters. The molecule has 3 heteroatoms. The van der Waals surface area contributed by atoms with Gasteiger partial charge in [-0.3, -0.25) is 9.79 Å². The third-order valence-corrected chi connectivity index (χ3v) is 4.16. The fraction of sp³-hybridized carbons (Fsp3) is 0.222. The lowest BCUT2D eigenvalue weighted by Gasteiger charge is -2.15. The Bertz CT molecular complexity index is 693. The number of aliphatic imine (C=N–C) groups is 1. The van der Waals surface area contributed by atoms with Gasteiger partial charge in [-0.1, -0.05) is 64.5 Å². The van der Waals surface area contributed by atoms with E-state index in [1.807, 2.05) is 48.7 Å². The standard InChI is InChI=1S/C18H16BrNO/c19-9-10-20-12-17-14-6-2-1-5-13(14)11-18(21)16-8-4-3-7-15(16)17/h1-8,12,17H,9-11H2. The Kier molecular flexibility index (Phi) is 4.30. The molecular formula is C18H16BrNO. The molecule has 21 heavy (non-hydrogen) atoms. The predicted molar refractivity (Wildman–Crippen MR) is 89.9 cm³/mol. The first kappa shape index (κ1) is 14.2. The van der Waals surface area contributed by atoms with E-state index in [1.54, 1.807) is 0 Å². The average Bonchev–Trinajstić information content (AvgIpc) is 2.63. The Balaban J connectivity index is 2.16. The summed E-state index contributed by atoms with van der Waals surface area (Å²) in [5, 5.41) is 0.846. The number of carbonyl (C=O) groups is 1. The maximum atomic E-state index is 12.5. The quantitative estimate of drug-likeness (QED) is 0.612. The zero-order chi connectivity index (χ0) is 14.7. The smallest absolute Gasteiger partial charge is 0.167 e. The van der Waals surface area contributed by atoms with Crippen molar-refractivity contribution in [2.75, 3.05) is 11.9 Å². The van der Waals surface area contributed by atoms with Gasteiger partial charge in [0.25, 0.3) is 0 Å². The molecule has 0 saturated heterocycles. The summed E-state index contributed by atoms with van der Waals surface area (Å²) in [6, 6.07) is 16.1. The molecule has 1 atom stereocenters. The first-order valence-electron chi connectivity index (χ1n) is 7.07. The van der Waals surface area contributed by atoms with Gasteiger partial charge in [0, 0.05) is 36.0 Å². The zero-order valence-corrected chi connectivity index (χ0v) is 13.2. The number of ketones is 1. The van der Waals surface area contributed by atoms with Crippen LogP contribution in [0.3, 0.4) is 0 Å². The average molecular weight is 342 g/mol. The lowest BCUT2D eigenvalue weighted by Crippen LogP contribution is -2.06. The summed E-state index contributed by atoms with van der Waals surface area (Å²) in [6.07, 6.45) is 2.45. The van der Waals surface area contributed by atoms with Crippen LogP contribution in [0.4, 0.5) is 0 Å². The minimum absolute atomic E-state index is 0.0582. The number of hydrogen-bond acceptors (Lipinski definition) is 2. The van der Waals surface area contributed by atoms with Crippen LogP contribution in [0.1, 0.15) is 33.0 Å². The number of halogens is 1. The van der Waals surface area contributed by atoms with E-state index in [9.17, 15) is 4.79 Å². The lowest BCUT2D eigenvalue weighted by atomic mass is 9.89. The minimum atomic E-state index is 0.0582. The van der Waals surface area contributed by atoms with Crippen LogP contribution in [0.15, 0.2) is 53.5 Å². The molecule has 0 aliphatic heterocycles. The summed E-state index contributed by atoms with van der Waals surface area (Å²) in [5.74, 6) is 0.248. The van der Waals surface area contributed by atoms with Gasteiger partial charge < -0.3 is 0 Å². The summed E-state index contributed by atoms with van der Waals surface area (Å²) in [4.78, 5) is 17.0. The van der Waals surface area contributed by atoms with Gasteiger partial charge >= 0.3 is 0 Å². The van der Waals surface area contributed by atoms with Crippen LogP contribution in [0.5, 0.6) is 0 Å². The third-order valence-electron chi connectivity index (χ3n) is 3.81. The Morgan fingerprint density at radius 3 is 2.62 bits per heavy atom. The van der Waals surface area contributed by atoms with Crippen LogP contribution in [-0.2, 0) is 6.42 Å². The van der Waals surface area contributed by atoms with Crippen LogP contribution >= 0.6 is 15.9 Å². The van der Waals surface area contributed by atoms with Gasteiger partial charge in [0.2, 0.25) is 0 Å². The number of fused-ring (bicyclic) bond motifs is 2. The highest BCUT2D eigenvalue weighted by molar-refractivity contribution is 9.09. The summed E-state index contributed by atoms with van der Waals surface area (Å²) in [5.41, 5.74) is 4.18. The zero-order valence-electron chi connectivity index (χ0n) is 11.6. The Labute approximate surface area is 133 Å². The van der Waals surface area contributed by atoms with Crippen LogP contribution in [-0.4, -0.2) is 23.9 Å². The molecule has 2 nitrogen and oxygen atoms in total. The number of Topliss-reactive ketones (excluding diaryl/α,β-unsaturated/α-hetero) is 1. The van der Waals surface area contributed by atoms with Crippen LogP contribution in [0.25, 0.3) is 0 Å². The SMILES string of the molecule is O=C1Cc2ccccc2C(C=NCCBr)c2ccccc21. The second-order valence-electron chi connectivity index (χ2n) is 5.11. The van der Waals surface area contributed by atoms with Crippen molar-refractivity contribution in [1.29, 1.82) is 0 Å². The topological polar surface area (TPSA) is 29.4 Å². The van der Waals surface area contributed by atoms with Crippen molar-refractivity contribution in [2.45, 2.75) is 12.3 Å². The number of benzene rings is 2. The summed E-state index contributed by atoms with van der Waals surface area (Å²) < 4.78 is 0. The highest BCUT2D eigenvalue weighted by Gasteiger charge is 2.25. The maximum absolute atomic E-state index is 12.5. The van der Waals surface area contributed by atoms with E-state index < -0.39 is 0 Å². The van der Waals surface area contributed by atoms with E-state index >= 15 is 0 Å². The molecule has 0 radical (unpaired) electrons. The van der Waals surface area contributed by atoms with Crippen LogP contribution in [0.2, 0.25) is 0 Å². The molecular weight excluding hydrogens is 326 g/mol. The molecule has 2 aromatic carbocycles. The summed E-state index contributed by atoms with van der Waals surface area (Å²) in [6.45, 7) is 0.745. The van der Waals surface area contributed by atoms with Gasteiger partial charge in [0.1, 0.15) is 0 Å². The normalized spacial score (nSPS) is 17.4. The summed E-state index contributed by atoms with van der Waals surface area (Å²) in [7, 11) is 0. The Morgan fingerprint density at radius 2 is 1.81 bits per heavy atom. The Hall–Kier alpha value is -1.74. The monoisotopic (exact) mass is 341 g/mol. The molecule has 0 spiro atoms. The third kappa shape index (κ3) is 2.84. The lowest BCUT2D eigenvalue weighted by molar-refractivity contribution is 0.0993. The Morgan fingerprint density at radius 1 is 1.10 bits per heavy atom. The number of hydrogen-bond donors (Lipinski definition) is 0. The van der Waals surface area contributed by atoms with E-state index in [0.29, 0.717) is 6.42 Å². The van der Waals surface area contributed by atoms with Crippen LogP contribution < -0.4 is 0 Å². The van der Waals surface area contributed by atoms with Crippen molar-refractivity contribution in [1.82, 2.24) is 0 Å². The summed E-state index contributed by atoms with van der Waals surface area (Å²) >= 11 is 3.39. The number of carbonyl (C=O) groups excluding carboxylic acids is 1. The van der Waals surface area contributed by atoms with E-state index in [-0.39, 0.29) is 11.7 Å². The highest BCUT2D eigenvalue weighted by atomic mass is 79.9. The molecule has 0 saturated carbocycles. The maximum Gasteiger partial charge on any atom is 0.167 e. The largest absolute Gasteiger partial charge is 0.296 e. The van der Waals surface area contributed by atoms with Crippen molar-refractivity contribution < 1.29 is 4.79 Å². The predicted octanol–water partition coefficient (Wildman–Crippen LogP) is 4.02. The minimum Gasteiger partial charge on any atom is -0.296 e. The molecule has 106 valence electrons. The second-order valence-corrected chi connectivity index (χ2v) is 5.90. The van der Waals surface area contributed by atoms with Gasteiger partial charge in [-0.2, -0.15) is 0 Å². The van der Waals surface area contributed by atoms with Crippen molar-refractivity contribution in [3.8, 4) is 0 Å². The van der Waals surface area contributed by atoms with Crippen molar-refractivity contribution in [3.05, 3.63) is 70.8 Å². The van der Waals surface area contributed by atoms with E-state index in [1.165, 1.54) is 5.56 Å². The molecule has 1 aliphatic rings. The van der Waals surface area contributed by atoms with Gasteiger partial charge in [-0.25, -0.2) is 0 Å². The fourth-order valence-electron chi connectivity index (χ4n) is 2.85. The number of nitrogens with zero attached hydrogens (tertiary/aromatic N) is 1. The number of alkyl halides is 1. The fourth-order valence-corrected chi connectivity index (χ4v) is 3.05. The van der Waals surface area contributed by atoms with E-state index in [2.05, 4.69) is 27.0 Å². The molecule has 1 aliphatic carbocycles. The molecule has 0 amide bonds. The van der Waals surface area contributed by atoms with Gasteiger partial charge in [-0.15, -0.1) is 0 Å². The molecule has 0 fully saturated rings. The van der Waals surface area contributed by atoms with Crippen LogP contribution in [0, 0.1) is 0 Å². The van der Waals surface area contributed by atoms with Gasteiger partial charge in [0.05, 0.1) is 0 Å². The highest BCUT2D eigenvalue weighted by Crippen LogP contribution is 2.33. The first-order chi connectivity index (χ1) is 10.3. The number of rotatable bonds is 3. The molecule has 3 rings (SSSR count). The van der Waals surface area contributed by atoms with Crippen molar-refractivity contribution in [3.63, 3.8) is 0 Å².